The molecule has 0 aromatic heterocycles. The van der Waals surface area contributed by atoms with E-state index in [1.54, 1.807) is 23.1 Å². The highest BCUT2D eigenvalue weighted by Gasteiger charge is 2.24. The Bertz CT molecular complexity index is 654. The van der Waals surface area contributed by atoms with E-state index >= 15 is 0 Å². The van der Waals surface area contributed by atoms with Crippen LogP contribution in [0.3, 0.4) is 0 Å². The zero-order chi connectivity index (χ0) is 14.7. The van der Waals surface area contributed by atoms with Crippen molar-refractivity contribution in [3.63, 3.8) is 0 Å². The lowest BCUT2D eigenvalue weighted by atomic mass is 10.2. The van der Waals surface area contributed by atoms with Crippen LogP contribution in [0.25, 0.3) is 0 Å². The first-order chi connectivity index (χ1) is 10.3. The second-order valence-corrected chi connectivity index (χ2v) is 5.02. The summed E-state index contributed by atoms with van der Waals surface area (Å²) in [5.41, 5.74) is 2.95. The molecular weight excluding hydrogens is 266 g/mol. The van der Waals surface area contributed by atoms with E-state index in [2.05, 4.69) is 0 Å². The van der Waals surface area contributed by atoms with Crippen molar-refractivity contribution in [2.45, 2.75) is 13.0 Å². The number of anilines is 1. The van der Waals surface area contributed by atoms with Crippen molar-refractivity contribution in [2.75, 3.05) is 18.1 Å². The molecule has 0 fully saturated rings. The molecule has 0 bridgehead atoms. The molecular formula is C17H17NO3. The predicted octanol–water partition coefficient (Wildman–Crippen LogP) is 2.15. The van der Waals surface area contributed by atoms with Gasteiger partial charge in [-0.2, -0.15) is 0 Å². The standard InChI is InChI=1S/C17H17NO3/c19-11-13-4-3-6-15(10-13)21-12-17(20)18-9-8-14-5-1-2-7-16(14)18/h1-7,10,19H,8-9,11-12H2. The summed E-state index contributed by atoms with van der Waals surface area (Å²) in [4.78, 5) is 14.1. The van der Waals surface area contributed by atoms with E-state index in [0.717, 1.165) is 17.7 Å². The summed E-state index contributed by atoms with van der Waals surface area (Å²) in [5, 5.41) is 9.09. The molecule has 0 unspecified atom stereocenters. The number of rotatable bonds is 4. The molecule has 3 rings (SSSR count). The first-order valence-corrected chi connectivity index (χ1v) is 6.99. The van der Waals surface area contributed by atoms with Crippen LogP contribution in [0.15, 0.2) is 48.5 Å². The fourth-order valence-electron chi connectivity index (χ4n) is 2.55. The maximum atomic E-state index is 12.3. The molecule has 0 saturated heterocycles. The summed E-state index contributed by atoms with van der Waals surface area (Å²) >= 11 is 0. The van der Waals surface area contributed by atoms with Gasteiger partial charge >= 0.3 is 0 Å². The summed E-state index contributed by atoms with van der Waals surface area (Å²) in [6.45, 7) is 0.673. The summed E-state index contributed by atoms with van der Waals surface area (Å²) in [6, 6.07) is 15.1. The maximum Gasteiger partial charge on any atom is 0.264 e. The lowest BCUT2D eigenvalue weighted by Gasteiger charge is -2.17. The van der Waals surface area contributed by atoms with Gasteiger partial charge in [0.25, 0.3) is 5.91 Å². The number of hydrogen-bond acceptors (Lipinski definition) is 3. The van der Waals surface area contributed by atoms with Crippen LogP contribution < -0.4 is 9.64 Å². The molecule has 108 valence electrons. The first kappa shape index (κ1) is 13.6. The quantitative estimate of drug-likeness (QED) is 0.935. The second kappa shape index (κ2) is 5.97. The molecule has 1 heterocycles. The van der Waals surface area contributed by atoms with Crippen molar-refractivity contribution in [3.05, 3.63) is 59.7 Å². The fourth-order valence-corrected chi connectivity index (χ4v) is 2.55. The van der Waals surface area contributed by atoms with Crippen LogP contribution in [-0.2, 0) is 17.8 Å². The van der Waals surface area contributed by atoms with Gasteiger partial charge in [0.05, 0.1) is 6.61 Å². The van der Waals surface area contributed by atoms with Gasteiger partial charge in [0, 0.05) is 12.2 Å². The van der Waals surface area contributed by atoms with Crippen molar-refractivity contribution >= 4 is 11.6 Å². The Morgan fingerprint density at radius 3 is 2.90 bits per heavy atom. The van der Waals surface area contributed by atoms with Crippen LogP contribution in [0.1, 0.15) is 11.1 Å². The SMILES string of the molecule is O=C(COc1cccc(CO)c1)N1CCc2ccccc21. The van der Waals surface area contributed by atoms with E-state index in [1.807, 2.05) is 30.3 Å². The summed E-state index contributed by atoms with van der Waals surface area (Å²) in [7, 11) is 0. The fraction of sp³-hybridized carbons (Fsp3) is 0.235. The van der Waals surface area contributed by atoms with Gasteiger partial charge in [0.2, 0.25) is 0 Å². The predicted molar refractivity (Wildman–Crippen MR) is 80.4 cm³/mol. The minimum absolute atomic E-state index is 0.00319. The number of aliphatic hydroxyl groups excluding tert-OH is 1. The molecule has 0 spiro atoms. The summed E-state index contributed by atoms with van der Waals surface area (Å²) in [5.74, 6) is 0.553. The number of fused-ring (bicyclic) bond motifs is 1. The molecule has 0 saturated carbocycles. The van der Waals surface area contributed by atoms with Gasteiger partial charge in [-0.1, -0.05) is 30.3 Å². The van der Waals surface area contributed by atoms with Gasteiger partial charge in [-0.25, -0.2) is 0 Å². The van der Waals surface area contributed by atoms with Crippen molar-refractivity contribution < 1.29 is 14.6 Å². The molecule has 1 aliphatic rings. The van der Waals surface area contributed by atoms with E-state index < -0.39 is 0 Å². The van der Waals surface area contributed by atoms with Gasteiger partial charge in [-0.15, -0.1) is 0 Å². The Morgan fingerprint density at radius 2 is 2.05 bits per heavy atom. The van der Waals surface area contributed by atoms with Crippen LogP contribution >= 0.6 is 0 Å². The van der Waals surface area contributed by atoms with Crippen molar-refractivity contribution in [3.8, 4) is 5.75 Å². The number of carbonyl (C=O) groups is 1. The van der Waals surface area contributed by atoms with E-state index in [-0.39, 0.29) is 19.1 Å². The lowest BCUT2D eigenvalue weighted by Crippen LogP contribution is -2.33. The average Bonchev–Trinajstić information content (AvgIpc) is 2.97. The highest BCUT2D eigenvalue weighted by atomic mass is 16.5. The van der Waals surface area contributed by atoms with Gasteiger partial charge in [-0.05, 0) is 35.7 Å². The van der Waals surface area contributed by atoms with Crippen molar-refractivity contribution in [2.24, 2.45) is 0 Å². The van der Waals surface area contributed by atoms with Crippen LogP contribution in [0, 0.1) is 0 Å². The molecule has 2 aromatic rings. The van der Waals surface area contributed by atoms with Crippen LogP contribution in [-0.4, -0.2) is 24.2 Å². The van der Waals surface area contributed by atoms with Gasteiger partial charge in [0.15, 0.2) is 6.61 Å². The Morgan fingerprint density at radius 1 is 1.19 bits per heavy atom. The number of nitrogens with zero attached hydrogens (tertiary/aromatic N) is 1. The number of amides is 1. The first-order valence-electron chi connectivity index (χ1n) is 6.99. The number of hydrogen-bond donors (Lipinski definition) is 1. The molecule has 4 nitrogen and oxygen atoms in total. The van der Waals surface area contributed by atoms with E-state index in [4.69, 9.17) is 9.84 Å². The van der Waals surface area contributed by atoms with E-state index in [0.29, 0.717) is 12.3 Å². The molecule has 0 aliphatic carbocycles. The Kier molecular flexibility index (Phi) is 3.88. The number of carbonyl (C=O) groups excluding carboxylic acids is 1. The molecule has 1 amide bonds. The second-order valence-electron chi connectivity index (χ2n) is 5.02. The molecule has 1 aliphatic heterocycles. The third kappa shape index (κ3) is 2.90. The highest BCUT2D eigenvalue weighted by molar-refractivity contribution is 5.96. The van der Waals surface area contributed by atoms with E-state index in [1.165, 1.54) is 5.56 Å². The number of benzene rings is 2. The summed E-state index contributed by atoms with van der Waals surface area (Å²) < 4.78 is 5.54. The van der Waals surface area contributed by atoms with Crippen LogP contribution in [0.5, 0.6) is 5.75 Å². The third-order valence-corrected chi connectivity index (χ3v) is 3.63. The maximum absolute atomic E-state index is 12.3. The topological polar surface area (TPSA) is 49.8 Å². The Balaban J connectivity index is 1.65. The van der Waals surface area contributed by atoms with Gasteiger partial charge in [0.1, 0.15) is 5.75 Å². The normalized spacial score (nSPS) is 13.1. The van der Waals surface area contributed by atoms with Crippen LogP contribution in [0.4, 0.5) is 5.69 Å². The zero-order valence-corrected chi connectivity index (χ0v) is 11.7. The number of ether oxygens (including phenoxy) is 1. The number of aliphatic hydroxyl groups is 1. The highest BCUT2D eigenvalue weighted by Crippen LogP contribution is 2.27. The lowest BCUT2D eigenvalue weighted by molar-refractivity contribution is -0.120. The smallest absolute Gasteiger partial charge is 0.264 e. The molecule has 21 heavy (non-hydrogen) atoms. The molecule has 1 N–H and O–H groups in total. The Hall–Kier alpha value is -2.33. The average molecular weight is 283 g/mol. The number of para-hydroxylation sites is 1. The minimum Gasteiger partial charge on any atom is -0.484 e. The molecule has 0 atom stereocenters. The molecule has 0 radical (unpaired) electrons. The van der Waals surface area contributed by atoms with Gasteiger partial charge < -0.3 is 14.7 Å². The van der Waals surface area contributed by atoms with Gasteiger partial charge in [-0.3, -0.25) is 4.79 Å². The van der Waals surface area contributed by atoms with Crippen LogP contribution in [0.2, 0.25) is 0 Å². The minimum atomic E-state index is -0.0469. The van der Waals surface area contributed by atoms with Crippen molar-refractivity contribution in [1.29, 1.82) is 0 Å². The molecule has 2 aromatic carbocycles. The monoisotopic (exact) mass is 283 g/mol. The molecule has 4 heteroatoms. The Labute approximate surface area is 123 Å². The largest absolute Gasteiger partial charge is 0.484 e. The van der Waals surface area contributed by atoms with E-state index in [9.17, 15) is 4.79 Å². The third-order valence-electron chi connectivity index (χ3n) is 3.63. The zero-order valence-electron chi connectivity index (χ0n) is 11.7. The van der Waals surface area contributed by atoms with Crippen molar-refractivity contribution in [1.82, 2.24) is 0 Å². The summed E-state index contributed by atoms with van der Waals surface area (Å²) in [6.07, 6.45) is 0.891.